The highest BCUT2D eigenvalue weighted by Gasteiger charge is 2.35. The van der Waals surface area contributed by atoms with Crippen molar-refractivity contribution >= 4 is 28.3 Å². The quantitative estimate of drug-likeness (QED) is 0.497. The molecule has 2 amide bonds. The molecular weight excluding hydrogens is 417 g/mol. The number of anilines is 1. The molecule has 2 aromatic carbocycles. The predicted octanol–water partition coefficient (Wildman–Crippen LogP) is 4.43. The maximum atomic E-state index is 13.1. The molecule has 29 heavy (non-hydrogen) atoms. The molecule has 0 fully saturated rings. The normalized spacial score (nSPS) is 11.2. The summed E-state index contributed by atoms with van der Waals surface area (Å²) >= 11 is 0.475. The lowest BCUT2D eigenvalue weighted by molar-refractivity contribution is -0.140. The number of nitrogens with zero attached hydrogens (tertiary/aromatic N) is 2. The average molecular weight is 427 g/mol. The Balaban J connectivity index is 1.95. The second kappa shape index (κ2) is 7.95. The van der Waals surface area contributed by atoms with Crippen LogP contribution in [0.1, 0.15) is 26.4 Å². The van der Waals surface area contributed by atoms with Crippen molar-refractivity contribution in [2.24, 2.45) is 0 Å². The van der Waals surface area contributed by atoms with Crippen LogP contribution >= 0.6 is 11.3 Å². The van der Waals surface area contributed by atoms with Crippen molar-refractivity contribution in [3.8, 4) is 0 Å². The van der Waals surface area contributed by atoms with E-state index in [1.807, 2.05) is 0 Å². The van der Waals surface area contributed by atoms with Crippen LogP contribution in [0.25, 0.3) is 0 Å². The number of carbonyl (C=O) groups is 2. The van der Waals surface area contributed by atoms with Crippen LogP contribution in [0.5, 0.6) is 0 Å². The molecule has 0 saturated carbocycles. The van der Waals surface area contributed by atoms with Crippen LogP contribution < -0.4 is 10.4 Å². The van der Waals surface area contributed by atoms with Crippen LogP contribution in [-0.4, -0.2) is 16.8 Å². The van der Waals surface area contributed by atoms with Gasteiger partial charge in [0.05, 0.1) is 0 Å². The topological polar surface area (TPSA) is 62.3 Å². The lowest BCUT2D eigenvalue weighted by atomic mass is 10.2. The van der Waals surface area contributed by atoms with Gasteiger partial charge >= 0.3 is 6.18 Å². The second-order valence-corrected chi connectivity index (χ2v) is 6.44. The summed E-state index contributed by atoms with van der Waals surface area (Å²) in [6, 6.07) is 8.45. The summed E-state index contributed by atoms with van der Waals surface area (Å²) in [5.41, 5.74) is 0.763. The fourth-order valence-corrected chi connectivity index (χ4v) is 2.96. The molecule has 3 rings (SSSR count). The largest absolute Gasteiger partial charge is 0.434 e. The fourth-order valence-electron chi connectivity index (χ4n) is 2.17. The molecule has 0 aliphatic carbocycles. The van der Waals surface area contributed by atoms with Gasteiger partial charge in [0.15, 0.2) is 5.69 Å². The molecule has 0 unspecified atom stereocenters. The van der Waals surface area contributed by atoms with Crippen molar-refractivity contribution in [3.05, 3.63) is 82.4 Å². The number of hydrogen-bond donors (Lipinski definition) is 1. The number of alkyl halides is 3. The number of hydrazine groups is 1. The van der Waals surface area contributed by atoms with Crippen LogP contribution in [-0.2, 0) is 6.18 Å². The Morgan fingerprint density at radius 2 is 1.41 bits per heavy atom. The third-order valence-electron chi connectivity index (χ3n) is 3.59. The number of carbonyl (C=O) groups excluding carboxylic acids is 2. The van der Waals surface area contributed by atoms with Gasteiger partial charge in [-0.15, -0.1) is 11.3 Å². The minimum atomic E-state index is -4.75. The number of aromatic nitrogens is 1. The van der Waals surface area contributed by atoms with E-state index in [9.17, 15) is 31.5 Å². The average Bonchev–Trinajstić information content (AvgIpc) is 3.17. The zero-order chi connectivity index (χ0) is 21.2. The van der Waals surface area contributed by atoms with E-state index in [1.54, 1.807) is 0 Å². The summed E-state index contributed by atoms with van der Waals surface area (Å²) in [5.74, 6) is -3.06. The number of halogens is 5. The van der Waals surface area contributed by atoms with E-state index in [2.05, 4.69) is 10.4 Å². The minimum absolute atomic E-state index is 0.0455. The van der Waals surface area contributed by atoms with Gasteiger partial charge in [0.2, 0.25) is 5.13 Å². The monoisotopic (exact) mass is 427 g/mol. The van der Waals surface area contributed by atoms with Crippen molar-refractivity contribution in [1.29, 1.82) is 0 Å². The molecule has 0 saturated heterocycles. The zero-order valence-corrected chi connectivity index (χ0v) is 15.0. The summed E-state index contributed by atoms with van der Waals surface area (Å²) in [5, 5.41) is 0.755. The van der Waals surface area contributed by atoms with Crippen molar-refractivity contribution in [2.45, 2.75) is 6.18 Å². The molecule has 0 radical (unpaired) electrons. The Labute approximate surface area is 164 Å². The summed E-state index contributed by atoms with van der Waals surface area (Å²) in [4.78, 5) is 28.5. The molecule has 1 aromatic heterocycles. The molecule has 0 aliphatic heterocycles. The Kier molecular flexibility index (Phi) is 5.59. The van der Waals surface area contributed by atoms with Crippen LogP contribution in [0.2, 0.25) is 0 Å². The maximum Gasteiger partial charge on any atom is 0.434 e. The molecule has 11 heteroatoms. The lowest BCUT2D eigenvalue weighted by Crippen LogP contribution is -2.46. The summed E-state index contributed by atoms with van der Waals surface area (Å²) < 4.78 is 64.8. The maximum absolute atomic E-state index is 13.1. The molecule has 0 spiro atoms. The zero-order valence-electron chi connectivity index (χ0n) is 14.2. The molecule has 150 valence electrons. The number of hydrogen-bond acceptors (Lipinski definition) is 4. The van der Waals surface area contributed by atoms with Crippen LogP contribution in [0.15, 0.2) is 53.9 Å². The van der Waals surface area contributed by atoms with E-state index in [-0.39, 0.29) is 11.1 Å². The van der Waals surface area contributed by atoms with Crippen molar-refractivity contribution in [1.82, 2.24) is 10.4 Å². The smallest absolute Gasteiger partial charge is 0.267 e. The van der Waals surface area contributed by atoms with E-state index in [0.717, 1.165) is 48.5 Å². The lowest BCUT2D eigenvalue weighted by Gasteiger charge is -2.20. The fraction of sp³-hybridized carbons (Fsp3) is 0.0556. The van der Waals surface area contributed by atoms with Crippen molar-refractivity contribution in [3.63, 3.8) is 0 Å². The Hall–Kier alpha value is -3.34. The second-order valence-electron chi connectivity index (χ2n) is 5.61. The molecule has 3 aromatic rings. The number of nitrogens with one attached hydrogen (secondary N) is 1. The summed E-state index contributed by atoms with van der Waals surface area (Å²) in [7, 11) is 0. The predicted molar refractivity (Wildman–Crippen MR) is 94.2 cm³/mol. The minimum Gasteiger partial charge on any atom is -0.267 e. The molecule has 5 nitrogen and oxygen atoms in total. The van der Waals surface area contributed by atoms with Crippen LogP contribution in [0, 0.1) is 11.6 Å². The molecule has 1 heterocycles. The van der Waals surface area contributed by atoms with E-state index in [1.165, 1.54) is 0 Å². The van der Waals surface area contributed by atoms with Crippen molar-refractivity contribution in [2.75, 3.05) is 5.01 Å². The molecule has 0 bridgehead atoms. The van der Waals surface area contributed by atoms with Gasteiger partial charge in [0, 0.05) is 16.5 Å². The first-order chi connectivity index (χ1) is 13.6. The van der Waals surface area contributed by atoms with Gasteiger partial charge < -0.3 is 0 Å². The number of rotatable bonds is 3. The van der Waals surface area contributed by atoms with Gasteiger partial charge in [-0.2, -0.15) is 18.2 Å². The standard InChI is InChI=1S/C18H10F5N3O2S/c19-12-5-1-10(2-6-12)15(27)25-26(16(28)11-3-7-13(20)8-4-11)17-24-14(9-29-17)18(21,22)23/h1-9H,(H,25,27). The van der Waals surface area contributed by atoms with Gasteiger partial charge in [0.25, 0.3) is 11.8 Å². The number of thiazole rings is 1. The Morgan fingerprint density at radius 1 is 0.897 bits per heavy atom. The Bertz CT molecular complexity index is 1030. The first-order valence-corrected chi connectivity index (χ1v) is 8.72. The van der Waals surface area contributed by atoms with E-state index in [4.69, 9.17) is 0 Å². The van der Waals surface area contributed by atoms with Gasteiger partial charge in [-0.25, -0.2) is 13.8 Å². The summed E-state index contributed by atoms with van der Waals surface area (Å²) in [6.45, 7) is 0. The van der Waals surface area contributed by atoms with Gasteiger partial charge in [0.1, 0.15) is 11.6 Å². The van der Waals surface area contributed by atoms with Gasteiger partial charge in [-0.05, 0) is 48.5 Å². The summed E-state index contributed by atoms with van der Waals surface area (Å²) in [6.07, 6.45) is -4.75. The highest BCUT2D eigenvalue weighted by molar-refractivity contribution is 7.14. The van der Waals surface area contributed by atoms with E-state index < -0.39 is 40.5 Å². The third kappa shape index (κ3) is 4.74. The highest BCUT2D eigenvalue weighted by atomic mass is 32.1. The molecule has 1 N–H and O–H groups in total. The van der Waals surface area contributed by atoms with Crippen LogP contribution in [0.3, 0.4) is 0 Å². The Morgan fingerprint density at radius 3 is 1.90 bits per heavy atom. The number of amides is 2. The number of benzene rings is 2. The van der Waals surface area contributed by atoms with Crippen molar-refractivity contribution < 1.29 is 31.5 Å². The first-order valence-electron chi connectivity index (χ1n) is 7.84. The van der Waals surface area contributed by atoms with Gasteiger partial charge in [-0.3, -0.25) is 15.0 Å². The molecular formula is C18H10F5N3O2S. The highest BCUT2D eigenvalue weighted by Crippen LogP contribution is 2.33. The van der Waals surface area contributed by atoms with E-state index in [0.29, 0.717) is 21.7 Å². The van der Waals surface area contributed by atoms with Crippen LogP contribution in [0.4, 0.5) is 27.1 Å². The molecule has 0 aliphatic rings. The first kappa shape index (κ1) is 20.4. The third-order valence-corrected chi connectivity index (χ3v) is 4.41. The van der Waals surface area contributed by atoms with E-state index >= 15 is 0 Å². The van der Waals surface area contributed by atoms with Gasteiger partial charge in [-0.1, -0.05) is 0 Å². The SMILES string of the molecule is O=C(NN(C(=O)c1ccc(F)cc1)c1nc(C(F)(F)F)cs1)c1ccc(F)cc1. The molecule has 0 atom stereocenters.